The van der Waals surface area contributed by atoms with Gasteiger partial charge >= 0.3 is 11.9 Å². The lowest BCUT2D eigenvalue weighted by Crippen LogP contribution is -2.05. The fraction of sp³-hybridized carbons (Fsp3) is 0. The Morgan fingerprint density at radius 2 is 1.15 bits per heavy atom. The summed E-state index contributed by atoms with van der Waals surface area (Å²) in [6.45, 7) is 0. The van der Waals surface area contributed by atoms with E-state index in [4.69, 9.17) is 21.7 Å². The van der Waals surface area contributed by atoms with E-state index in [1.165, 1.54) is 24.3 Å². The maximum absolute atomic E-state index is 11.0. The minimum atomic E-state index is -1.18. The monoisotopic (exact) mass is 274 g/mol. The van der Waals surface area contributed by atoms with E-state index in [2.05, 4.69) is 9.97 Å². The number of pyridine rings is 2. The van der Waals surface area contributed by atoms with Gasteiger partial charge in [-0.2, -0.15) is 0 Å². The van der Waals surface area contributed by atoms with Crippen LogP contribution in [-0.2, 0) is 0 Å². The molecule has 0 aromatic carbocycles. The molecule has 0 amide bonds. The Balaban J connectivity index is 2.62. The Kier molecular flexibility index (Phi) is 3.21. The number of carbonyl (C=O) groups is 2. The molecule has 0 spiro atoms. The van der Waals surface area contributed by atoms with Gasteiger partial charge in [0.2, 0.25) is 0 Å². The summed E-state index contributed by atoms with van der Waals surface area (Å²) in [5.74, 6) is -2.38. The first-order valence-electron chi connectivity index (χ1n) is 5.39. The maximum Gasteiger partial charge on any atom is 0.335 e. The van der Waals surface area contributed by atoms with E-state index in [9.17, 15) is 9.59 Å². The third kappa shape index (κ3) is 2.64. The van der Waals surface area contributed by atoms with Gasteiger partial charge < -0.3 is 21.7 Å². The normalized spacial score (nSPS) is 10.2. The molecule has 0 bridgehead atoms. The highest BCUT2D eigenvalue weighted by Crippen LogP contribution is 2.21. The summed E-state index contributed by atoms with van der Waals surface area (Å²) in [5.41, 5.74) is 11.2. The number of rotatable bonds is 3. The molecule has 6 N–H and O–H groups in total. The lowest BCUT2D eigenvalue weighted by Gasteiger charge is -2.06. The topological polar surface area (TPSA) is 152 Å². The molecular weight excluding hydrogens is 264 g/mol. The molecule has 2 rings (SSSR count). The van der Waals surface area contributed by atoms with Crippen LogP contribution in [0.5, 0.6) is 0 Å². The summed E-state index contributed by atoms with van der Waals surface area (Å²) in [4.78, 5) is 29.8. The molecule has 2 aromatic heterocycles. The molecule has 0 saturated carbocycles. The van der Waals surface area contributed by atoms with Gasteiger partial charge in [-0.15, -0.1) is 0 Å². The number of hydrogen-bond donors (Lipinski definition) is 4. The largest absolute Gasteiger partial charge is 0.478 e. The van der Waals surface area contributed by atoms with Gasteiger partial charge in [0, 0.05) is 0 Å². The third-order valence-corrected chi connectivity index (χ3v) is 2.45. The Morgan fingerprint density at radius 1 is 0.800 bits per heavy atom. The molecule has 8 heteroatoms. The fourth-order valence-electron chi connectivity index (χ4n) is 1.61. The van der Waals surface area contributed by atoms with Gasteiger partial charge in [0.1, 0.15) is 11.6 Å². The highest BCUT2D eigenvalue weighted by atomic mass is 16.4. The molecular formula is C12H10N4O4. The van der Waals surface area contributed by atoms with Crippen LogP contribution in [0, 0.1) is 0 Å². The van der Waals surface area contributed by atoms with Crippen molar-refractivity contribution in [3.63, 3.8) is 0 Å². The molecule has 102 valence electrons. The van der Waals surface area contributed by atoms with Crippen molar-refractivity contribution < 1.29 is 19.8 Å². The third-order valence-electron chi connectivity index (χ3n) is 2.45. The molecule has 0 aliphatic heterocycles. The first-order valence-corrected chi connectivity index (χ1v) is 5.39. The second-order valence-electron chi connectivity index (χ2n) is 3.94. The van der Waals surface area contributed by atoms with E-state index in [1.54, 1.807) is 0 Å². The van der Waals surface area contributed by atoms with Crippen molar-refractivity contribution in [3.05, 3.63) is 35.4 Å². The van der Waals surface area contributed by atoms with Crippen LogP contribution >= 0.6 is 0 Å². The van der Waals surface area contributed by atoms with Gasteiger partial charge in [-0.05, 0) is 24.3 Å². The first kappa shape index (κ1) is 13.3. The van der Waals surface area contributed by atoms with E-state index in [0.717, 1.165) is 0 Å². The zero-order valence-electron chi connectivity index (χ0n) is 10.1. The summed E-state index contributed by atoms with van der Waals surface area (Å²) in [6, 6.07) is 4.87. The van der Waals surface area contributed by atoms with Crippen LogP contribution < -0.4 is 11.5 Å². The van der Waals surface area contributed by atoms with Crippen LogP contribution in [0.2, 0.25) is 0 Å². The number of nitrogens with two attached hydrogens (primary N) is 2. The number of aromatic carboxylic acids is 2. The van der Waals surface area contributed by atoms with Crippen molar-refractivity contribution in [1.82, 2.24) is 9.97 Å². The number of nitrogens with zero attached hydrogens (tertiary/aromatic N) is 2. The molecule has 0 saturated heterocycles. The predicted molar refractivity (Wildman–Crippen MR) is 70.2 cm³/mol. The van der Waals surface area contributed by atoms with E-state index in [-0.39, 0.29) is 34.2 Å². The highest BCUT2D eigenvalue weighted by molar-refractivity contribution is 5.91. The summed E-state index contributed by atoms with van der Waals surface area (Å²) in [7, 11) is 0. The van der Waals surface area contributed by atoms with Gasteiger partial charge in [0.05, 0.1) is 22.5 Å². The van der Waals surface area contributed by atoms with Gasteiger partial charge in [-0.25, -0.2) is 19.6 Å². The zero-order valence-corrected chi connectivity index (χ0v) is 10.1. The second-order valence-corrected chi connectivity index (χ2v) is 3.94. The number of carboxylic acids is 2. The van der Waals surface area contributed by atoms with Crippen LogP contribution in [0.25, 0.3) is 11.4 Å². The average Bonchev–Trinajstić information content (AvgIpc) is 2.37. The standard InChI is InChI=1S/C12H10N4O4/c13-9-3-5(11(17)18)1-7(15-9)8-2-6(12(19)20)4-10(14)16-8/h1-4H,(H2,13,15)(H2,14,16)(H,17,18)(H,19,20). The van der Waals surface area contributed by atoms with Crippen LogP contribution in [-0.4, -0.2) is 32.1 Å². The van der Waals surface area contributed by atoms with Gasteiger partial charge in [-0.3, -0.25) is 0 Å². The zero-order chi connectivity index (χ0) is 14.9. The molecule has 0 unspecified atom stereocenters. The molecule has 2 aromatic rings. The Hall–Kier alpha value is -3.16. The van der Waals surface area contributed by atoms with Crippen molar-refractivity contribution in [2.75, 3.05) is 11.5 Å². The van der Waals surface area contributed by atoms with Gasteiger partial charge in [0.25, 0.3) is 0 Å². The number of carboxylic acid groups (broad SMARTS) is 2. The molecule has 20 heavy (non-hydrogen) atoms. The Morgan fingerprint density at radius 3 is 1.45 bits per heavy atom. The molecule has 8 nitrogen and oxygen atoms in total. The minimum absolute atomic E-state index is 0.0130. The molecule has 0 aliphatic rings. The van der Waals surface area contributed by atoms with E-state index in [0.29, 0.717) is 0 Å². The quantitative estimate of drug-likeness (QED) is 0.638. The lowest BCUT2D eigenvalue weighted by molar-refractivity contribution is 0.0686. The first-order chi connectivity index (χ1) is 9.36. The van der Waals surface area contributed by atoms with Gasteiger partial charge in [-0.1, -0.05) is 0 Å². The summed E-state index contributed by atoms with van der Waals surface area (Å²) < 4.78 is 0. The predicted octanol–water partition coefficient (Wildman–Crippen LogP) is 0.704. The molecule has 0 fully saturated rings. The Labute approximate surface area is 112 Å². The van der Waals surface area contributed by atoms with Crippen molar-refractivity contribution in [2.45, 2.75) is 0 Å². The number of nitrogen functional groups attached to an aromatic ring is 2. The van der Waals surface area contributed by atoms with Crippen molar-refractivity contribution in [1.29, 1.82) is 0 Å². The average molecular weight is 274 g/mol. The van der Waals surface area contributed by atoms with E-state index < -0.39 is 11.9 Å². The highest BCUT2D eigenvalue weighted by Gasteiger charge is 2.13. The summed E-state index contributed by atoms with van der Waals surface area (Å²) in [6.07, 6.45) is 0. The molecule has 2 heterocycles. The molecule has 0 atom stereocenters. The van der Waals surface area contributed by atoms with Crippen LogP contribution in [0.1, 0.15) is 20.7 Å². The molecule has 0 radical (unpaired) electrons. The number of hydrogen-bond acceptors (Lipinski definition) is 6. The van der Waals surface area contributed by atoms with Crippen molar-refractivity contribution >= 4 is 23.6 Å². The van der Waals surface area contributed by atoms with E-state index >= 15 is 0 Å². The van der Waals surface area contributed by atoms with Gasteiger partial charge in [0.15, 0.2) is 0 Å². The number of aromatic nitrogens is 2. The van der Waals surface area contributed by atoms with Crippen LogP contribution in [0.4, 0.5) is 11.6 Å². The van der Waals surface area contributed by atoms with Crippen molar-refractivity contribution in [2.24, 2.45) is 0 Å². The fourth-order valence-corrected chi connectivity index (χ4v) is 1.61. The van der Waals surface area contributed by atoms with Crippen molar-refractivity contribution in [3.8, 4) is 11.4 Å². The molecule has 0 aliphatic carbocycles. The summed E-state index contributed by atoms with van der Waals surface area (Å²) >= 11 is 0. The number of anilines is 2. The lowest BCUT2D eigenvalue weighted by atomic mass is 10.1. The van der Waals surface area contributed by atoms with E-state index in [1.807, 2.05) is 0 Å². The minimum Gasteiger partial charge on any atom is -0.478 e. The Bertz CT molecular complexity index is 653. The second kappa shape index (κ2) is 4.84. The maximum atomic E-state index is 11.0. The SMILES string of the molecule is Nc1cc(C(=O)O)cc(-c2cc(C(=O)O)cc(N)n2)n1. The van der Waals surface area contributed by atoms with Crippen LogP contribution in [0.3, 0.4) is 0 Å². The smallest absolute Gasteiger partial charge is 0.335 e. The van der Waals surface area contributed by atoms with Crippen LogP contribution in [0.15, 0.2) is 24.3 Å². The summed E-state index contributed by atoms with van der Waals surface area (Å²) in [5, 5.41) is 17.9.